The Morgan fingerprint density at radius 2 is 2.07 bits per heavy atom. The highest BCUT2D eigenvalue weighted by molar-refractivity contribution is 7.46. The van der Waals surface area contributed by atoms with Crippen molar-refractivity contribution in [1.29, 1.82) is 0 Å². The highest BCUT2D eigenvalue weighted by Gasteiger charge is 2.65. The summed E-state index contributed by atoms with van der Waals surface area (Å²) in [5, 5.41) is 0. The number of nitrogens with zero attached hydrogens (tertiary/aromatic N) is 4. The molecule has 2 fully saturated rings. The smallest absolute Gasteiger partial charge is 0.382 e. The molecular weight excluding hydrogens is 388 g/mol. The third-order valence-corrected chi connectivity index (χ3v) is 4.71. The van der Waals surface area contributed by atoms with Crippen molar-refractivity contribution >= 4 is 24.8 Å². The first-order valence-electron chi connectivity index (χ1n) is 7.85. The number of aromatic nitrogens is 4. The van der Waals surface area contributed by atoms with Crippen molar-refractivity contribution in [1.82, 2.24) is 19.5 Å². The zero-order chi connectivity index (χ0) is 19.6. The zero-order valence-corrected chi connectivity index (χ0v) is 15.1. The first-order chi connectivity index (χ1) is 12.5. The van der Waals surface area contributed by atoms with Crippen LogP contribution < -0.4 is 5.73 Å². The van der Waals surface area contributed by atoms with Crippen molar-refractivity contribution in [3.63, 3.8) is 0 Å². The number of ether oxygens (including phenoxy) is 3. The molecule has 2 saturated heterocycles. The van der Waals surface area contributed by atoms with Gasteiger partial charge in [-0.25, -0.2) is 23.9 Å². The second-order valence-corrected chi connectivity index (χ2v) is 7.90. The second kappa shape index (κ2) is 5.88. The Morgan fingerprint density at radius 3 is 2.78 bits per heavy atom. The van der Waals surface area contributed by atoms with Crippen LogP contribution in [0.1, 0.15) is 20.1 Å². The molecule has 0 aromatic carbocycles. The van der Waals surface area contributed by atoms with E-state index in [0.717, 1.165) is 0 Å². The molecule has 4 atom stereocenters. The molecule has 0 amide bonds. The maximum atomic E-state index is 15.5. The number of fused-ring (bicyclic) bond motifs is 2. The third kappa shape index (κ3) is 3.21. The molecule has 4 rings (SSSR count). The number of rotatable bonds is 4. The molecule has 2 aliphatic rings. The van der Waals surface area contributed by atoms with E-state index in [1.54, 1.807) is 13.8 Å². The Kier molecular flexibility index (Phi) is 4.06. The van der Waals surface area contributed by atoms with E-state index in [1.807, 2.05) is 0 Å². The van der Waals surface area contributed by atoms with Crippen LogP contribution in [-0.4, -0.2) is 59.8 Å². The molecule has 0 spiro atoms. The lowest BCUT2D eigenvalue weighted by Gasteiger charge is -2.28. The number of nitrogen functional groups attached to an aromatic ring is 1. The molecule has 0 bridgehead atoms. The van der Waals surface area contributed by atoms with Gasteiger partial charge in [0, 0.05) is 0 Å². The van der Waals surface area contributed by atoms with Crippen LogP contribution in [-0.2, 0) is 23.3 Å². The lowest BCUT2D eigenvalue weighted by Crippen LogP contribution is -2.43. The van der Waals surface area contributed by atoms with E-state index in [0.29, 0.717) is 5.52 Å². The summed E-state index contributed by atoms with van der Waals surface area (Å²) in [6, 6.07) is 0. The molecular formula is C13H17FN5O7P. The molecule has 2 aliphatic heterocycles. The fraction of sp³-hybridized carbons (Fsp3) is 0.615. The number of imidazole rings is 1. The van der Waals surface area contributed by atoms with Gasteiger partial charge in [0.15, 0.2) is 29.6 Å². The van der Waals surface area contributed by atoms with Crippen molar-refractivity contribution in [2.45, 2.75) is 43.9 Å². The topological polar surface area (TPSA) is 164 Å². The van der Waals surface area contributed by atoms with Gasteiger partial charge in [0.05, 0.1) is 6.33 Å². The van der Waals surface area contributed by atoms with E-state index in [4.69, 9.17) is 29.7 Å². The second-order valence-electron chi connectivity index (χ2n) is 6.66. The molecule has 12 nitrogen and oxygen atoms in total. The monoisotopic (exact) mass is 405 g/mol. The van der Waals surface area contributed by atoms with Crippen LogP contribution in [0.5, 0.6) is 0 Å². The highest BCUT2D eigenvalue weighted by atomic mass is 31.2. The number of halogens is 1. The van der Waals surface area contributed by atoms with Gasteiger partial charge in [0.2, 0.25) is 0 Å². The Labute approximate surface area is 151 Å². The summed E-state index contributed by atoms with van der Waals surface area (Å²) >= 11 is 0. The maximum absolute atomic E-state index is 15.5. The summed E-state index contributed by atoms with van der Waals surface area (Å²) in [5.41, 5.74) is 6.33. The number of hydrogen-bond acceptors (Lipinski definition) is 9. The Balaban J connectivity index is 1.73. The van der Waals surface area contributed by atoms with Crippen molar-refractivity contribution < 1.29 is 37.5 Å². The summed E-state index contributed by atoms with van der Waals surface area (Å²) in [6.07, 6.45) is -0.805. The summed E-state index contributed by atoms with van der Waals surface area (Å²) in [4.78, 5) is 29.8. The molecule has 27 heavy (non-hydrogen) atoms. The van der Waals surface area contributed by atoms with Gasteiger partial charge >= 0.3 is 7.82 Å². The van der Waals surface area contributed by atoms with Crippen LogP contribution in [0.15, 0.2) is 12.7 Å². The first-order valence-corrected chi connectivity index (χ1v) is 9.38. The standard InChI is InChI=1S/C13H17FN5O7P/c1-12(2)24-7-8(25-12)13(14,3-23-27(20,21)22)26-11(7)19-5-18-6-9(15)16-4-17-10(6)19/h4-5,7-8,11H,3H2,1-2H3,(H2,15,16,17)(H2,20,21,22)/t7-,8+,11-,13-/m1/s1. The molecule has 0 aliphatic carbocycles. The van der Waals surface area contributed by atoms with Gasteiger partial charge in [0.25, 0.3) is 5.85 Å². The highest BCUT2D eigenvalue weighted by Crippen LogP contribution is 2.51. The Bertz CT molecular complexity index is 935. The quantitative estimate of drug-likeness (QED) is 0.597. The van der Waals surface area contributed by atoms with E-state index in [-0.39, 0.29) is 11.5 Å². The predicted molar refractivity (Wildman–Crippen MR) is 85.5 cm³/mol. The summed E-state index contributed by atoms with van der Waals surface area (Å²) in [5.74, 6) is -3.70. The summed E-state index contributed by atoms with van der Waals surface area (Å²) < 4.78 is 49.0. The average Bonchev–Trinajstić information content (AvgIpc) is 3.18. The van der Waals surface area contributed by atoms with Crippen LogP contribution in [0.2, 0.25) is 0 Å². The number of nitrogens with two attached hydrogens (primary N) is 1. The number of phosphoric acid groups is 1. The molecule has 14 heteroatoms. The number of hydrogen-bond donors (Lipinski definition) is 3. The van der Waals surface area contributed by atoms with Crippen LogP contribution in [0.4, 0.5) is 10.2 Å². The van der Waals surface area contributed by atoms with Crippen LogP contribution in [0.3, 0.4) is 0 Å². The van der Waals surface area contributed by atoms with E-state index in [1.165, 1.54) is 17.2 Å². The van der Waals surface area contributed by atoms with Gasteiger partial charge in [-0.15, -0.1) is 0 Å². The van der Waals surface area contributed by atoms with E-state index < -0.39 is 44.5 Å². The van der Waals surface area contributed by atoms with E-state index >= 15 is 4.39 Å². The van der Waals surface area contributed by atoms with Gasteiger partial charge in [-0.1, -0.05) is 0 Å². The van der Waals surface area contributed by atoms with Crippen molar-refractivity contribution in [3.05, 3.63) is 12.7 Å². The van der Waals surface area contributed by atoms with Gasteiger partial charge in [-0.05, 0) is 13.8 Å². The largest absolute Gasteiger partial charge is 0.469 e. The van der Waals surface area contributed by atoms with Gasteiger partial charge in [0.1, 0.15) is 24.6 Å². The summed E-state index contributed by atoms with van der Waals surface area (Å²) in [7, 11) is -4.93. The first kappa shape index (κ1) is 18.6. The number of phosphoric ester groups is 1. The fourth-order valence-corrected chi connectivity index (χ4v) is 3.57. The van der Waals surface area contributed by atoms with Crippen molar-refractivity contribution in [2.75, 3.05) is 12.3 Å². The average molecular weight is 405 g/mol. The van der Waals surface area contributed by atoms with Gasteiger partial charge < -0.3 is 29.7 Å². The molecule has 0 saturated carbocycles. The molecule has 2 aromatic heterocycles. The lowest BCUT2D eigenvalue weighted by molar-refractivity contribution is -0.263. The van der Waals surface area contributed by atoms with Gasteiger partial charge in [-0.2, -0.15) is 0 Å². The lowest BCUT2D eigenvalue weighted by atomic mass is 10.1. The van der Waals surface area contributed by atoms with Crippen molar-refractivity contribution in [2.24, 2.45) is 0 Å². The van der Waals surface area contributed by atoms with E-state index in [9.17, 15) is 4.57 Å². The predicted octanol–water partition coefficient (Wildman–Crippen LogP) is 0.232. The fourth-order valence-electron chi connectivity index (χ4n) is 3.23. The minimum atomic E-state index is -4.93. The number of alkyl halides is 1. The van der Waals surface area contributed by atoms with Gasteiger partial charge in [-0.3, -0.25) is 9.09 Å². The molecule has 0 radical (unpaired) electrons. The Morgan fingerprint density at radius 1 is 1.33 bits per heavy atom. The molecule has 4 N–H and O–H groups in total. The van der Waals surface area contributed by atoms with E-state index in [2.05, 4.69) is 19.5 Å². The molecule has 2 aromatic rings. The van der Waals surface area contributed by atoms with Crippen LogP contribution in [0.25, 0.3) is 11.2 Å². The molecule has 0 unspecified atom stereocenters. The van der Waals surface area contributed by atoms with Crippen molar-refractivity contribution in [3.8, 4) is 0 Å². The normalized spacial score (nSPS) is 32.9. The SMILES string of the molecule is CC1(C)O[C@H]2[C@H](n3cnc4c(N)ncnc43)O[C@](F)(COP(=O)(O)O)[C@H]2O1. The number of anilines is 1. The summed E-state index contributed by atoms with van der Waals surface area (Å²) in [6.45, 7) is 2.11. The minimum absolute atomic E-state index is 0.133. The Hall–Kier alpha value is -1.73. The van der Waals surface area contributed by atoms with Crippen LogP contribution >= 0.6 is 7.82 Å². The maximum Gasteiger partial charge on any atom is 0.469 e. The minimum Gasteiger partial charge on any atom is -0.382 e. The van der Waals surface area contributed by atoms with Crippen LogP contribution in [0, 0.1) is 0 Å². The molecule has 4 heterocycles. The molecule has 148 valence electrons. The zero-order valence-electron chi connectivity index (χ0n) is 14.2. The third-order valence-electron chi connectivity index (χ3n) is 4.24.